The van der Waals surface area contributed by atoms with Crippen LogP contribution in [0.25, 0.3) is 0 Å². The van der Waals surface area contributed by atoms with Crippen LogP contribution in [0.2, 0.25) is 0 Å². The molecule has 0 unspecified atom stereocenters. The van der Waals surface area contributed by atoms with Crippen molar-refractivity contribution in [2.45, 2.75) is 6.42 Å². The van der Waals surface area contributed by atoms with Crippen LogP contribution in [-0.2, 0) is 6.42 Å². The Kier molecular flexibility index (Phi) is 3.28. The van der Waals surface area contributed by atoms with Gasteiger partial charge in [0.1, 0.15) is 5.75 Å². The first-order chi connectivity index (χ1) is 8.08. The van der Waals surface area contributed by atoms with Gasteiger partial charge in [-0.3, -0.25) is 4.79 Å². The number of hydrogen-bond acceptors (Lipinski definition) is 3. The summed E-state index contributed by atoms with van der Waals surface area (Å²) in [6, 6.07) is 5.48. The van der Waals surface area contributed by atoms with Gasteiger partial charge in [-0.1, -0.05) is 12.2 Å². The average Bonchev–Trinajstić information content (AvgIpc) is 2.73. The molecule has 0 aliphatic carbocycles. The molecule has 4 nitrogen and oxygen atoms in total. The topological polar surface area (TPSA) is 55.6 Å². The highest BCUT2D eigenvalue weighted by Gasteiger charge is 2.17. The van der Waals surface area contributed by atoms with Gasteiger partial charge >= 0.3 is 0 Å². The van der Waals surface area contributed by atoms with E-state index in [1.807, 2.05) is 12.1 Å². The lowest BCUT2D eigenvalue weighted by Crippen LogP contribution is -2.34. The molecule has 1 amide bonds. The van der Waals surface area contributed by atoms with E-state index in [4.69, 9.17) is 22.7 Å². The summed E-state index contributed by atoms with van der Waals surface area (Å²) in [6.07, 6.45) is 0.857. The highest BCUT2D eigenvalue weighted by Crippen LogP contribution is 2.26. The summed E-state index contributed by atoms with van der Waals surface area (Å²) in [6.45, 7) is 0.984. The Morgan fingerprint density at radius 3 is 3.06 bits per heavy atom. The number of benzene rings is 1. The summed E-state index contributed by atoms with van der Waals surface area (Å²) in [5.74, 6) is 0.797. The summed E-state index contributed by atoms with van der Waals surface area (Å²) in [7, 11) is 1.69. The van der Waals surface area contributed by atoms with E-state index in [-0.39, 0.29) is 5.91 Å². The number of fused-ring (bicyclic) bond motifs is 1. The molecule has 5 heteroatoms. The van der Waals surface area contributed by atoms with Gasteiger partial charge in [-0.2, -0.15) is 0 Å². The summed E-state index contributed by atoms with van der Waals surface area (Å²) in [5.41, 5.74) is 7.15. The highest BCUT2D eigenvalue weighted by molar-refractivity contribution is 7.80. The molecule has 1 aromatic carbocycles. The summed E-state index contributed by atoms with van der Waals surface area (Å²) >= 11 is 4.78. The van der Waals surface area contributed by atoms with Crippen LogP contribution >= 0.6 is 12.2 Å². The van der Waals surface area contributed by atoms with Gasteiger partial charge in [0, 0.05) is 19.0 Å². The molecule has 0 atom stereocenters. The van der Waals surface area contributed by atoms with Crippen LogP contribution in [0.5, 0.6) is 5.75 Å². The van der Waals surface area contributed by atoms with E-state index in [1.165, 1.54) is 4.90 Å². The number of amides is 1. The van der Waals surface area contributed by atoms with E-state index in [0.717, 1.165) is 17.7 Å². The lowest BCUT2D eigenvalue weighted by Gasteiger charge is -2.16. The van der Waals surface area contributed by atoms with Gasteiger partial charge in [0.15, 0.2) is 0 Å². The molecular weight excluding hydrogens is 236 g/mol. The third kappa shape index (κ3) is 2.55. The SMILES string of the molecule is CN(CC(N)=S)C(=O)c1ccc2c(c1)CCO2. The monoisotopic (exact) mass is 250 g/mol. The third-order valence-electron chi connectivity index (χ3n) is 2.68. The number of nitrogens with two attached hydrogens (primary N) is 1. The predicted molar refractivity (Wildman–Crippen MR) is 69.4 cm³/mol. The van der Waals surface area contributed by atoms with Crippen LogP contribution in [0, 0.1) is 0 Å². The van der Waals surface area contributed by atoms with Gasteiger partial charge < -0.3 is 15.4 Å². The lowest BCUT2D eigenvalue weighted by molar-refractivity contribution is 0.0815. The zero-order chi connectivity index (χ0) is 12.4. The number of hydrogen-bond donors (Lipinski definition) is 1. The van der Waals surface area contributed by atoms with Crippen LogP contribution in [0.1, 0.15) is 15.9 Å². The molecule has 1 aliphatic rings. The number of rotatable bonds is 3. The first-order valence-electron chi connectivity index (χ1n) is 5.37. The van der Waals surface area contributed by atoms with Crippen LogP contribution < -0.4 is 10.5 Å². The van der Waals surface area contributed by atoms with Crippen molar-refractivity contribution in [2.24, 2.45) is 5.73 Å². The lowest BCUT2D eigenvalue weighted by atomic mass is 10.1. The van der Waals surface area contributed by atoms with Crippen LogP contribution in [0.3, 0.4) is 0 Å². The molecular formula is C12H14N2O2S. The Hall–Kier alpha value is -1.62. The van der Waals surface area contributed by atoms with Crippen molar-refractivity contribution in [3.63, 3.8) is 0 Å². The molecule has 90 valence electrons. The maximum absolute atomic E-state index is 12.0. The minimum absolute atomic E-state index is 0.0764. The number of thiocarbonyl (C=S) groups is 1. The van der Waals surface area contributed by atoms with Gasteiger partial charge in [-0.05, 0) is 23.8 Å². The van der Waals surface area contributed by atoms with Crippen molar-refractivity contribution in [1.29, 1.82) is 0 Å². The van der Waals surface area contributed by atoms with E-state index in [2.05, 4.69) is 0 Å². The Bertz CT molecular complexity index is 474. The van der Waals surface area contributed by atoms with E-state index in [0.29, 0.717) is 23.7 Å². The van der Waals surface area contributed by atoms with Crippen molar-refractivity contribution >= 4 is 23.1 Å². The van der Waals surface area contributed by atoms with Crippen molar-refractivity contribution in [3.05, 3.63) is 29.3 Å². The molecule has 2 N–H and O–H groups in total. The van der Waals surface area contributed by atoms with E-state index >= 15 is 0 Å². The molecule has 1 aromatic rings. The number of nitrogens with zero attached hydrogens (tertiary/aromatic N) is 1. The zero-order valence-corrected chi connectivity index (χ0v) is 10.4. The van der Waals surface area contributed by atoms with E-state index in [9.17, 15) is 4.79 Å². The average molecular weight is 250 g/mol. The van der Waals surface area contributed by atoms with E-state index in [1.54, 1.807) is 13.1 Å². The van der Waals surface area contributed by atoms with Crippen LogP contribution in [0.15, 0.2) is 18.2 Å². The van der Waals surface area contributed by atoms with Gasteiger partial charge in [-0.15, -0.1) is 0 Å². The van der Waals surface area contributed by atoms with Gasteiger partial charge in [0.05, 0.1) is 18.1 Å². The normalized spacial score (nSPS) is 12.8. The predicted octanol–water partition coefficient (Wildman–Crippen LogP) is 0.980. The Morgan fingerprint density at radius 2 is 2.35 bits per heavy atom. The zero-order valence-electron chi connectivity index (χ0n) is 9.60. The van der Waals surface area contributed by atoms with Gasteiger partial charge in [0.25, 0.3) is 5.91 Å². The fourth-order valence-electron chi connectivity index (χ4n) is 1.85. The van der Waals surface area contributed by atoms with E-state index < -0.39 is 0 Å². The number of ether oxygens (including phenoxy) is 1. The largest absolute Gasteiger partial charge is 0.493 e. The third-order valence-corrected chi connectivity index (χ3v) is 2.81. The minimum atomic E-state index is -0.0764. The Labute approximate surface area is 105 Å². The second-order valence-corrected chi connectivity index (χ2v) is 4.57. The summed E-state index contributed by atoms with van der Waals surface area (Å²) < 4.78 is 5.39. The fourth-order valence-corrected chi connectivity index (χ4v) is 2.04. The molecule has 0 fully saturated rings. The smallest absolute Gasteiger partial charge is 0.253 e. The molecule has 0 saturated carbocycles. The molecule has 17 heavy (non-hydrogen) atoms. The molecule has 2 rings (SSSR count). The number of carbonyl (C=O) groups excluding carboxylic acids is 1. The molecule has 0 aromatic heterocycles. The Morgan fingerprint density at radius 1 is 1.59 bits per heavy atom. The number of carbonyl (C=O) groups is 1. The molecule has 0 radical (unpaired) electrons. The number of likely N-dealkylation sites (N-methyl/N-ethyl adjacent to an activating group) is 1. The highest BCUT2D eigenvalue weighted by atomic mass is 32.1. The maximum Gasteiger partial charge on any atom is 0.253 e. The fraction of sp³-hybridized carbons (Fsp3) is 0.333. The standard InChI is InChI=1S/C12H14N2O2S/c1-14(7-11(13)17)12(15)9-2-3-10-8(6-9)4-5-16-10/h2-3,6H,4-5,7H2,1H3,(H2,13,17). The molecule has 0 saturated heterocycles. The first kappa shape index (κ1) is 11.9. The Balaban J connectivity index is 2.17. The quantitative estimate of drug-likeness (QED) is 0.812. The molecule has 1 aliphatic heterocycles. The van der Waals surface area contributed by atoms with Crippen molar-refractivity contribution in [3.8, 4) is 5.75 Å². The van der Waals surface area contributed by atoms with Crippen molar-refractivity contribution in [2.75, 3.05) is 20.2 Å². The molecule has 1 heterocycles. The maximum atomic E-state index is 12.0. The van der Waals surface area contributed by atoms with Crippen molar-refractivity contribution in [1.82, 2.24) is 4.90 Å². The molecule has 0 spiro atoms. The second-order valence-electron chi connectivity index (χ2n) is 4.05. The summed E-state index contributed by atoms with van der Waals surface area (Å²) in [5, 5.41) is 0. The molecule has 0 bridgehead atoms. The summed E-state index contributed by atoms with van der Waals surface area (Å²) in [4.78, 5) is 13.9. The van der Waals surface area contributed by atoms with Crippen molar-refractivity contribution < 1.29 is 9.53 Å². The van der Waals surface area contributed by atoms with Gasteiger partial charge in [0.2, 0.25) is 0 Å². The first-order valence-corrected chi connectivity index (χ1v) is 5.78. The van der Waals surface area contributed by atoms with Crippen LogP contribution in [-0.4, -0.2) is 36.0 Å². The second kappa shape index (κ2) is 4.71. The minimum Gasteiger partial charge on any atom is -0.493 e. The van der Waals surface area contributed by atoms with Crippen LogP contribution in [0.4, 0.5) is 0 Å². The van der Waals surface area contributed by atoms with Gasteiger partial charge in [-0.25, -0.2) is 0 Å².